The highest BCUT2D eigenvalue weighted by atomic mass is 16.4. The molecule has 0 aliphatic carbocycles. The lowest BCUT2D eigenvalue weighted by Crippen LogP contribution is -2.20. The van der Waals surface area contributed by atoms with E-state index in [0.29, 0.717) is 0 Å². The van der Waals surface area contributed by atoms with Gasteiger partial charge in [0.1, 0.15) is 0 Å². The Balaban J connectivity index is 2.13. The smallest absolute Gasteiger partial charge is 0.307 e. The molecule has 0 saturated carbocycles. The third-order valence-electron chi connectivity index (χ3n) is 4.18. The Morgan fingerprint density at radius 3 is 2.14 bits per heavy atom. The number of carbonyl (C=O) groups is 1. The molecule has 0 aliphatic rings. The van der Waals surface area contributed by atoms with Gasteiger partial charge in [-0.05, 0) is 21.9 Å². The summed E-state index contributed by atoms with van der Waals surface area (Å²) in [6.45, 7) is 1.77. The third kappa shape index (κ3) is 2.73. The van der Waals surface area contributed by atoms with Gasteiger partial charge in [0.25, 0.3) is 0 Å². The molecule has 3 aromatic rings. The maximum atomic E-state index is 11.6. The van der Waals surface area contributed by atoms with E-state index in [1.807, 2.05) is 48.5 Å². The van der Waals surface area contributed by atoms with Crippen LogP contribution in [0.5, 0.6) is 0 Å². The quantitative estimate of drug-likeness (QED) is 0.756. The number of hydrogen-bond donors (Lipinski definition) is 1. The number of fused-ring (bicyclic) bond motifs is 1. The lowest BCUT2D eigenvalue weighted by molar-refractivity contribution is -0.141. The van der Waals surface area contributed by atoms with E-state index in [1.54, 1.807) is 6.92 Å². The van der Waals surface area contributed by atoms with Crippen molar-refractivity contribution in [1.82, 2.24) is 0 Å². The van der Waals surface area contributed by atoms with Crippen molar-refractivity contribution >= 4 is 16.7 Å². The minimum Gasteiger partial charge on any atom is -0.481 e. The molecule has 110 valence electrons. The van der Waals surface area contributed by atoms with Crippen LogP contribution in [0.2, 0.25) is 0 Å². The van der Waals surface area contributed by atoms with Gasteiger partial charge in [-0.1, -0.05) is 79.7 Å². The van der Waals surface area contributed by atoms with Crippen LogP contribution in [0, 0.1) is 5.92 Å². The summed E-state index contributed by atoms with van der Waals surface area (Å²) in [7, 11) is 0. The predicted octanol–water partition coefficient (Wildman–Crippen LogP) is 4.69. The fourth-order valence-electron chi connectivity index (χ4n) is 2.97. The molecule has 0 unspecified atom stereocenters. The van der Waals surface area contributed by atoms with Gasteiger partial charge in [-0.2, -0.15) is 0 Å². The monoisotopic (exact) mass is 290 g/mol. The Kier molecular flexibility index (Phi) is 3.92. The SMILES string of the molecule is C[C@@H](C(=O)O)[C@@H](c1ccccc1)c1ccc2ccccc2c1. The molecule has 0 saturated heterocycles. The van der Waals surface area contributed by atoms with Crippen LogP contribution in [0.1, 0.15) is 24.0 Å². The van der Waals surface area contributed by atoms with E-state index < -0.39 is 11.9 Å². The van der Waals surface area contributed by atoms with Crippen molar-refractivity contribution in [2.24, 2.45) is 5.92 Å². The molecule has 3 aromatic carbocycles. The van der Waals surface area contributed by atoms with Gasteiger partial charge in [0.2, 0.25) is 0 Å². The van der Waals surface area contributed by atoms with Gasteiger partial charge in [-0.3, -0.25) is 4.79 Å². The molecule has 0 fully saturated rings. The highest BCUT2D eigenvalue weighted by molar-refractivity contribution is 5.83. The number of rotatable bonds is 4. The van der Waals surface area contributed by atoms with Gasteiger partial charge in [-0.15, -0.1) is 0 Å². The van der Waals surface area contributed by atoms with E-state index in [4.69, 9.17) is 0 Å². The normalized spacial score (nSPS) is 13.7. The first kappa shape index (κ1) is 14.3. The molecule has 0 aromatic heterocycles. The molecule has 0 bridgehead atoms. The zero-order valence-electron chi connectivity index (χ0n) is 12.4. The van der Waals surface area contributed by atoms with Crippen molar-refractivity contribution in [3.8, 4) is 0 Å². The first-order chi connectivity index (χ1) is 10.7. The summed E-state index contributed by atoms with van der Waals surface area (Å²) in [6, 6.07) is 24.2. The topological polar surface area (TPSA) is 37.3 Å². The Hall–Kier alpha value is -2.61. The molecule has 2 atom stereocenters. The average Bonchev–Trinajstić information content (AvgIpc) is 2.56. The van der Waals surface area contributed by atoms with Gasteiger partial charge >= 0.3 is 5.97 Å². The van der Waals surface area contributed by atoms with Crippen LogP contribution in [0.15, 0.2) is 72.8 Å². The largest absolute Gasteiger partial charge is 0.481 e. The molecule has 1 N–H and O–H groups in total. The van der Waals surface area contributed by atoms with Gasteiger partial charge in [0, 0.05) is 5.92 Å². The van der Waals surface area contributed by atoms with E-state index in [1.165, 1.54) is 5.39 Å². The maximum Gasteiger partial charge on any atom is 0.307 e. The Labute approximate surface area is 130 Å². The van der Waals surface area contributed by atoms with Crippen LogP contribution < -0.4 is 0 Å². The first-order valence-corrected chi connectivity index (χ1v) is 7.43. The molecule has 0 radical (unpaired) electrons. The number of benzene rings is 3. The van der Waals surface area contributed by atoms with Crippen LogP contribution in [-0.4, -0.2) is 11.1 Å². The summed E-state index contributed by atoms with van der Waals surface area (Å²) in [4.78, 5) is 11.6. The molecule has 2 nitrogen and oxygen atoms in total. The zero-order chi connectivity index (χ0) is 15.5. The number of carboxylic acids is 1. The third-order valence-corrected chi connectivity index (χ3v) is 4.18. The van der Waals surface area contributed by atoms with Crippen molar-refractivity contribution in [3.63, 3.8) is 0 Å². The summed E-state index contributed by atoms with van der Waals surface area (Å²) in [5.74, 6) is -1.41. The van der Waals surface area contributed by atoms with E-state index in [-0.39, 0.29) is 5.92 Å². The highest BCUT2D eigenvalue weighted by Gasteiger charge is 2.26. The Morgan fingerprint density at radius 2 is 1.45 bits per heavy atom. The van der Waals surface area contributed by atoms with E-state index in [9.17, 15) is 9.90 Å². The second-order valence-corrected chi connectivity index (χ2v) is 5.62. The van der Waals surface area contributed by atoms with Gasteiger partial charge in [-0.25, -0.2) is 0 Å². The fraction of sp³-hybridized carbons (Fsp3) is 0.150. The van der Waals surface area contributed by atoms with Crippen LogP contribution >= 0.6 is 0 Å². The van der Waals surface area contributed by atoms with Gasteiger partial charge < -0.3 is 5.11 Å². The highest BCUT2D eigenvalue weighted by Crippen LogP contribution is 2.33. The molecule has 0 amide bonds. The lowest BCUT2D eigenvalue weighted by Gasteiger charge is -2.22. The van der Waals surface area contributed by atoms with Crippen LogP contribution in [0.4, 0.5) is 0 Å². The molecule has 0 heterocycles. The predicted molar refractivity (Wildman–Crippen MR) is 89.0 cm³/mol. The van der Waals surface area contributed by atoms with Crippen molar-refractivity contribution < 1.29 is 9.90 Å². The van der Waals surface area contributed by atoms with E-state index in [0.717, 1.165) is 16.5 Å². The van der Waals surface area contributed by atoms with Crippen LogP contribution in [0.3, 0.4) is 0 Å². The standard InChI is InChI=1S/C20H18O2/c1-14(20(21)22)19(16-8-3-2-4-9-16)18-12-11-15-7-5-6-10-17(15)13-18/h2-14,19H,1H3,(H,21,22)/t14-,19+/m1/s1. The van der Waals surface area contributed by atoms with E-state index in [2.05, 4.69) is 24.3 Å². The summed E-state index contributed by atoms with van der Waals surface area (Å²) >= 11 is 0. The molecule has 22 heavy (non-hydrogen) atoms. The van der Waals surface area contributed by atoms with E-state index >= 15 is 0 Å². The van der Waals surface area contributed by atoms with Crippen molar-refractivity contribution in [1.29, 1.82) is 0 Å². The first-order valence-electron chi connectivity index (χ1n) is 7.43. The average molecular weight is 290 g/mol. The number of carboxylic acid groups (broad SMARTS) is 1. The molecule has 3 rings (SSSR count). The second-order valence-electron chi connectivity index (χ2n) is 5.62. The second kappa shape index (κ2) is 6.02. The van der Waals surface area contributed by atoms with Crippen LogP contribution in [0.25, 0.3) is 10.8 Å². The summed E-state index contributed by atoms with van der Waals surface area (Å²) in [5, 5.41) is 11.8. The molecular formula is C20H18O2. The molecule has 0 spiro atoms. The van der Waals surface area contributed by atoms with Crippen molar-refractivity contribution in [2.45, 2.75) is 12.8 Å². The molecule has 2 heteroatoms. The molecular weight excluding hydrogens is 272 g/mol. The van der Waals surface area contributed by atoms with Crippen molar-refractivity contribution in [3.05, 3.63) is 83.9 Å². The Morgan fingerprint density at radius 1 is 0.818 bits per heavy atom. The summed E-state index contributed by atoms with van der Waals surface area (Å²) in [6.07, 6.45) is 0. The van der Waals surface area contributed by atoms with Crippen molar-refractivity contribution in [2.75, 3.05) is 0 Å². The summed E-state index contributed by atoms with van der Waals surface area (Å²) < 4.78 is 0. The lowest BCUT2D eigenvalue weighted by atomic mass is 9.81. The maximum absolute atomic E-state index is 11.6. The molecule has 0 aliphatic heterocycles. The van der Waals surface area contributed by atoms with Gasteiger partial charge in [0.05, 0.1) is 5.92 Å². The minimum atomic E-state index is -0.776. The minimum absolute atomic E-state index is 0.150. The Bertz CT molecular complexity index is 793. The fourth-order valence-corrected chi connectivity index (χ4v) is 2.97. The number of aliphatic carboxylic acids is 1. The summed E-state index contributed by atoms with van der Waals surface area (Å²) in [5.41, 5.74) is 2.08. The number of hydrogen-bond acceptors (Lipinski definition) is 1. The van der Waals surface area contributed by atoms with Gasteiger partial charge in [0.15, 0.2) is 0 Å². The zero-order valence-corrected chi connectivity index (χ0v) is 12.4. The van der Waals surface area contributed by atoms with Crippen LogP contribution in [-0.2, 0) is 4.79 Å².